The van der Waals surface area contributed by atoms with Gasteiger partial charge in [-0.2, -0.15) is 0 Å². The second-order valence-corrected chi connectivity index (χ2v) is 23.0. The summed E-state index contributed by atoms with van der Waals surface area (Å²) in [5.74, 6) is -5.23. The molecule has 1 fully saturated rings. The van der Waals surface area contributed by atoms with E-state index < -0.39 is 114 Å². The maximum absolute atomic E-state index is 14.7. The van der Waals surface area contributed by atoms with Crippen LogP contribution in [0.5, 0.6) is 17.2 Å². The Balaban J connectivity index is 1.49. The maximum Gasteiger partial charge on any atom is 0.330 e. The van der Waals surface area contributed by atoms with E-state index in [1.807, 2.05) is 26.0 Å². The number of cyclic esters (lactones) is 2. The Morgan fingerprint density at radius 3 is 2.14 bits per heavy atom. The van der Waals surface area contributed by atoms with Crippen molar-refractivity contribution >= 4 is 53.2 Å². The van der Waals surface area contributed by atoms with Crippen molar-refractivity contribution in [3.63, 3.8) is 0 Å². The van der Waals surface area contributed by atoms with Gasteiger partial charge in [0.2, 0.25) is 29.4 Å². The highest BCUT2D eigenvalue weighted by Gasteiger charge is 2.43. The molecule has 0 aliphatic carbocycles. The van der Waals surface area contributed by atoms with Gasteiger partial charge in [-0.15, -0.1) is 0 Å². The molecule has 2 aliphatic rings. The van der Waals surface area contributed by atoms with Crippen LogP contribution in [0.2, 0.25) is 0 Å². The third kappa shape index (κ3) is 19.4. The van der Waals surface area contributed by atoms with Crippen molar-refractivity contribution in [2.24, 2.45) is 11.3 Å². The molecule has 2 bridgehead atoms. The number of aryl methyl sites for hydroxylation is 1. The first kappa shape index (κ1) is 66.0. The lowest BCUT2D eigenvalue weighted by atomic mass is 9.87. The summed E-state index contributed by atoms with van der Waals surface area (Å²) < 4.78 is 34.8. The second-order valence-electron chi connectivity index (χ2n) is 23.0. The van der Waals surface area contributed by atoms with E-state index in [9.17, 15) is 43.2 Å². The summed E-state index contributed by atoms with van der Waals surface area (Å²) in [6.07, 6.45) is 4.10. The van der Waals surface area contributed by atoms with Crippen LogP contribution < -0.4 is 24.8 Å². The number of nitrogens with one attached hydrogen (secondary N) is 2. The van der Waals surface area contributed by atoms with E-state index in [-0.39, 0.29) is 57.0 Å². The lowest BCUT2D eigenvalue weighted by Crippen LogP contribution is -2.58. The Kier molecular flexibility index (Phi) is 24.2. The largest absolute Gasteiger partial charge is 0.493 e. The van der Waals surface area contributed by atoms with Crippen molar-refractivity contribution in [3.8, 4) is 17.2 Å². The smallest absolute Gasteiger partial charge is 0.330 e. The van der Waals surface area contributed by atoms with Crippen LogP contribution >= 0.6 is 0 Å². The number of rotatable bonds is 10. The minimum Gasteiger partial charge on any atom is -0.493 e. The van der Waals surface area contributed by atoms with Crippen molar-refractivity contribution < 1.29 is 71.6 Å². The summed E-state index contributed by atoms with van der Waals surface area (Å²) in [7, 11) is 7.42. The second kappa shape index (κ2) is 30.5. The molecule has 5 atom stereocenters. The van der Waals surface area contributed by atoms with E-state index in [4.69, 9.17) is 28.4 Å². The van der Waals surface area contributed by atoms with Gasteiger partial charge in [-0.05, 0) is 126 Å². The summed E-state index contributed by atoms with van der Waals surface area (Å²) >= 11 is 0. The number of hydrogen-bond donors (Lipinski definition) is 2. The molecular weight excluding hydrogens is 1070 g/mol. The molecule has 452 valence electrons. The zero-order chi connectivity index (χ0) is 61.2. The van der Waals surface area contributed by atoms with Crippen LogP contribution in [-0.2, 0) is 63.8 Å². The SMILES string of the molecule is COc1ccc(CC[C@H]2OC(=O)[C@@H]3CCCCN3C(=O)C(=O)C(C)(C)COC(=O)C=CCCN(C)C(=O)[C@H](CC(C)C)NC(=O)[C@H](COC(C)(C)C)N(C)C(=O)C(c3ccccc3)NC(=O)CN(C)C(=O)COc3cccc2c3)cc1OC. The highest BCUT2D eigenvalue weighted by Crippen LogP contribution is 2.33. The van der Waals surface area contributed by atoms with Gasteiger partial charge in [0.1, 0.15) is 42.6 Å². The van der Waals surface area contributed by atoms with Crippen LogP contribution in [0.3, 0.4) is 0 Å². The average Bonchev–Trinajstić information content (AvgIpc) is 3.65. The topological polar surface area (TPSA) is 246 Å². The van der Waals surface area contributed by atoms with E-state index in [0.717, 1.165) is 16.5 Å². The number of benzene rings is 3. The summed E-state index contributed by atoms with van der Waals surface area (Å²) in [6, 6.07) is 15.7. The molecule has 1 saturated heterocycles. The summed E-state index contributed by atoms with van der Waals surface area (Å²) in [5.41, 5.74) is -0.533. The Bertz CT molecular complexity index is 2790. The number of ketones is 1. The van der Waals surface area contributed by atoms with Crippen molar-refractivity contribution in [1.82, 2.24) is 30.2 Å². The highest BCUT2D eigenvalue weighted by atomic mass is 16.5. The Hall–Kier alpha value is -7.81. The van der Waals surface area contributed by atoms with Gasteiger partial charge in [-0.3, -0.25) is 33.6 Å². The van der Waals surface area contributed by atoms with Gasteiger partial charge in [0.05, 0.1) is 38.4 Å². The fourth-order valence-corrected chi connectivity index (χ4v) is 9.39. The molecule has 2 aliphatic heterocycles. The van der Waals surface area contributed by atoms with E-state index in [0.29, 0.717) is 41.9 Å². The molecule has 0 aromatic heterocycles. The minimum absolute atomic E-state index is 0.0629. The van der Waals surface area contributed by atoms with Gasteiger partial charge in [0.15, 0.2) is 18.1 Å². The molecule has 0 spiro atoms. The lowest BCUT2D eigenvalue weighted by Gasteiger charge is -2.36. The molecule has 0 saturated carbocycles. The number of carbonyl (C=O) groups is 9. The maximum atomic E-state index is 14.7. The van der Waals surface area contributed by atoms with E-state index >= 15 is 0 Å². The number of piperidine rings is 1. The highest BCUT2D eigenvalue weighted by molar-refractivity contribution is 6.38. The number of likely N-dealkylation sites (N-methyl/N-ethyl adjacent to an activating group) is 3. The van der Waals surface area contributed by atoms with Gasteiger partial charge < -0.3 is 58.7 Å². The van der Waals surface area contributed by atoms with E-state index in [2.05, 4.69) is 10.6 Å². The lowest BCUT2D eigenvalue weighted by molar-refractivity contribution is -0.165. The van der Waals surface area contributed by atoms with E-state index in [1.54, 1.807) is 88.5 Å². The molecular formula is C62H84N6O15. The Labute approximate surface area is 487 Å². The van der Waals surface area contributed by atoms with Crippen LogP contribution in [0.15, 0.2) is 84.9 Å². The van der Waals surface area contributed by atoms with Crippen molar-refractivity contribution in [2.45, 2.75) is 129 Å². The molecule has 21 nitrogen and oxygen atoms in total. The zero-order valence-corrected chi connectivity index (χ0v) is 50.2. The summed E-state index contributed by atoms with van der Waals surface area (Å²) in [5, 5.41) is 5.64. The molecule has 6 amide bonds. The predicted molar refractivity (Wildman–Crippen MR) is 308 cm³/mol. The molecule has 21 heteroatoms. The third-order valence-electron chi connectivity index (χ3n) is 14.3. The van der Waals surface area contributed by atoms with Gasteiger partial charge in [0, 0.05) is 40.3 Å². The number of esters is 2. The molecule has 2 heterocycles. The fraction of sp³-hybridized carbons (Fsp3) is 0.532. The summed E-state index contributed by atoms with van der Waals surface area (Å²) in [4.78, 5) is 132. The molecule has 0 radical (unpaired) electrons. The molecule has 83 heavy (non-hydrogen) atoms. The number of amides is 6. The molecule has 3 aromatic carbocycles. The number of fused-ring (bicyclic) bond motifs is 3. The third-order valence-corrected chi connectivity index (χ3v) is 14.3. The number of hydrogen-bond acceptors (Lipinski definition) is 15. The molecule has 2 N–H and O–H groups in total. The van der Waals surface area contributed by atoms with Crippen LogP contribution in [0.4, 0.5) is 0 Å². The van der Waals surface area contributed by atoms with Crippen LogP contribution in [-0.4, -0.2) is 171 Å². The van der Waals surface area contributed by atoms with Gasteiger partial charge in [-0.25, -0.2) is 9.59 Å². The fourth-order valence-electron chi connectivity index (χ4n) is 9.39. The number of carbonyl (C=O) groups excluding carboxylic acids is 9. The number of ether oxygens (including phenoxy) is 6. The van der Waals surface area contributed by atoms with Crippen molar-refractivity contribution in [2.75, 3.05) is 74.8 Å². The Morgan fingerprint density at radius 1 is 0.771 bits per heavy atom. The van der Waals surface area contributed by atoms with E-state index in [1.165, 1.54) is 62.9 Å². The minimum atomic E-state index is -1.50. The molecule has 5 rings (SSSR count). The first-order valence-corrected chi connectivity index (χ1v) is 28.1. The van der Waals surface area contributed by atoms with Crippen LogP contribution in [0, 0.1) is 11.3 Å². The first-order valence-electron chi connectivity index (χ1n) is 28.1. The average molecular weight is 1150 g/mol. The van der Waals surface area contributed by atoms with Crippen molar-refractivity contribution in [3.05, 3.63) is 102 Å². The number of Topliss-reactive ketones (excluding diaryl/α,β-unsaturated/α-hetero) is 1. The predicted octanol–water partition coefficient (Wildman–Crippen LogP) is 5.73. The van der Waals surface area contributed by atoms with Crippen LogP contribution in [0.25, 0.3) is 0 Å². The zero-order valence-electron chi connectivity index (χ0n) is 50.2. The standard InChI is InChI=1S/C62H84N6O15/c1-40(2)33-45-57(74)65(8)31-18-17-26-53(71)81-39-62(6,7)55(72)59(76)68-32-19-16-25-46(68)60(77)83-48(29-27-41-28-30-49(78-11)50(34-41)79-12)43-23-20-24-44(35-43)80-38-52(70)66(9)36-51(69)64-54(42-21-14-13-15-22-42)58(75)67(10)47(56(73)63-45)37-82-61(3,4)5/h13-15,17,20-24,26,28,30,34-35,40,45-48,54H,16,18-19,25,27,29,31-33,36-39H2,1-12H3,(H,63,73)(H,64,69)/t45-,46-,47-,48+,54?/m0/s1. The van der Waals surface area contributed by atoms with Gasteiger partial charge in [0.25, 0.3) is 11.8 Å². The first-order chi connectivity index (χ1) is 39.2. The molecule has 1 unspecified atom stereocenters. The number of nitrogens with zero attached hydrogens (tertiary/aromatic N) is 4. The summed E-state index contributed by atoms with van der Waals surface area (Å²) in [6.45, 7) is 10.6. The van der Waals surface area contributed by atoms with Crippen molar-refractivity contribution in [1.29, 1.82) is 0 Å². The Morgan fingerprint density at radius 2 is 1.47 bits per heavy atom. The quantitative estimate of drug-likeness (QED) is 0.182. The number of methoxy groups -OCH3 is 2. The van der Waals surface area contributed by atoms with Gasteiger partial charge >= 0.3 is 11.9 Å². The monoisotopic (exact) mass is 1150 g/mol. The van der Waals surface area contributed by atoms with Crippen LogP contribution in [0.1, 0.15) is 116 Å². The molecule has 3 aromatic rings. The normalized spacial score (nSPS) is 22.2. The van der Waals surface area contributed by atoms with Gasteiger partial charge in [-0.1, -0.05) is 68.5 Å².